The number of halogens is 2. The number of amides is 2. The molecule has 0 saturated heterocycles. The molecular weight excluding hydrogens is 508 g/mol. The maximum Gasteiger partial charge on any atom is 0.276 e. The average molecular weight is 530 g/mol. The molecule has 2 N–H and O–H groups in total. The van der Waals surface area contributed by atoms with Crippen LogP contribution in [0, 0.1) is 6.92 Å². The second-order valence-corrected chi connectivity index (χ2v) is 7.64. The summed E-state index contributed by atoms with van der Waals surface area (Å²) in [5, 5.41) is 0. The van der Waals surface area contributed by atoms with Gasteiger partial charge in [0.2, 0.25) is 0 Å². The third-order valence-corrected chi connectivity index (χ3v) is 4.73. The van der Waals surface area contributed by atoms with Gasteiger partial charge in [-0.1, -0.05) is 28.1 Å². The molecule has 0 spiro atoms. The number of carbonyl (C=O) groups excluding carboxylic acids is 2. The van der Waals surface area contributed by atoms with Crippen LogP contribution in [-0.4, -0.2) is 38.2 Å². The Bertz CT molecular complexity index is 838. The normalized spacial score (nSPS) is 10.3. The van der Waals surface area contributed by atoms with E-state index in [2.05, 4.69) is 42.7 Å². The summed E-state index contributed by atoms with van der Waals surface area (Å²) in [5.74, 6) is -0.0268. The van der Waals surface area contributed by atoms with Gasteiger partial charge in [-0.2, -0.15) is 0 Å². The number of ether oxygens (including phenoxy) is 3. The lowest BCUT2D eigenvalue weighted by Crippen LogP contribution is -2.44. The summed E-state index contributed by atoms with van der Waals surface area (Å²) in [7, 11) is 0. The van der Waals surface area contributed by atoms with Crippen molar-refractivity contribution in [3.8, 4) is 11.5 Å². The van der Waals surface area contributed by atoms with Crippen molar-refractivity contribution in [3.05, 3.63) is 56.5 Å². The molecule has 2 rings (SSSR count). The third-order valence-electron chi connectivity index (χ3n) is 3.68. The molecule has 0 unspecified atom stereocenters. The number of para-hydroxylation sites is 1. The summed E-state index contributed by atoms with van der Waals surface area (Å²) in [6.45, 7) is 4.84. The number of hydrogen-bond acceptors (Lipinski definition) is 5. The maximum absolute atomic E-state index is 12.4. The van der Waals surface area contributed by atoms with E-state index in [1.54, 1.807) is 24.3 Å². The minimum atomic E-state index is -0.498. The lowest BCUT2D eigenvalue weighted by atomic mass is 10.2. The molecule has 0 aliphatic heterocycles. The molecule has 7 nitrogen and oxygen atoms in total. The van der Waals surface area contributed by atoms with Crippen LogP contribution in [0.1, 0.15) is 22.8 Å². The van der Waals surface area contributed by atoms with Gasteiger partial charge < -0.3 is 14.2 Å². The molecular formula is C20H22Br2N2O5. The topological polar surface area (TPSA) is 85.9 Å². The second-order valence-electron chi connectivity index (χ2n) is 5.87. The first-order valence-electron chi connectivity index (χ1n) is 8.89. The van der Waals surface area contributed by atoms with Gasteiger partial charge in [-0.15, -0.1) is 0 Å². The highest BCUT2D eigenvalue weighted by Crippen LogP contribution is 2.32. The molecule has 0 fully saturated rings. The molecule has 2 aromatic rings. The zero-order valence-corrected chi connectivity index (χ0v) is 19.3. The lowest BCUT2D eigenvalue weighted by molar-refractivity contribution is -0.123. The number of hydrazine groups is 1. The van der Waals surface area contributed by atoms with Crippen LogP contribution >= 0.6 is 31.9 Å². The third kappa shape index (κ3) is 7.34. The number of benzene rings is 2. The number of carbonyl (C=O) groups is 2. The average Bonchev–Trinajstić information content (AvgIpc) is 2.69. The Balaban J connectivity index is 1.87. The highest BCUT2D eigenvalue weighted by molar-refractivity contribution is 9.11. The van der Waals surface area contributed by atoms with Crippen LogP contribution in [0.25, 0.3) is 0 Å². The maximum atomic E-state index is 12.4. The number of nitrogens with one attached hydrogen (secondary N) is 2. The van der Waals surface area contributed by atoms with Crippen LogP contribution < -0.4 is 20.3 Å². The first-order chi connectivity index (χ1) is 13.9. The minimum absolute atomic E-state index is 0.256. The molecule has 0 aliphatic carbocycles. The molecule has 0 bridgehead atoms. The van der Waals surface area contributed by atoms with Crippen molar-refractivity contribution in [2.75, 3.05) is 26.4 Å². The Morgan fingerprint density at radius 2 is 1.79 bits per heavy atom. The Hall–Kier alpha value is -2.10. The Kier molecular flexibility index (Phi) is 9.43. The Morgan fingerprint density at radius 1 is 1.03 bits per heavy atom. The van der Waals surface area contributed by atoms with Crippen LogP contribution in [0.2, 0.25) is 0 Å². The zero-order chi connectivity index (χ0) is 21.2. The highest BCUT2D eigenvalue weighted by atomic mass is 79.9. The summed E-state index contributed by atoms with van der Waals surface area (Å²) in [4.78, 5) is 24.4. The number of aryl methyl sites for hydroxylation is 1. The lowest BCUT2D eigenvalue weighted by Gasteiger charge is -2.14. The first-order valence-corrected chi connectivity index (χ1v) is 10.5. The van der Waals surface area contributed by atoms with Gasteiger partial charge in [0.25, 0.3) is 11.8 Å². The molecule has 156 valence electrons. The van der Waals surface area contributed by atoms with Crippen molar-refractivity contribution in [1.82, 2.24) is 10.9 Å². The predicted octanol–water partition coefficient (Wildman–Crippen LogP) is 3.78. The standard InChI is InChI=1S/C20H22Br2N2O5/c1-3-27-8-9-28-17-7-5-4-6-15(17)20(26)24-23-18(25)12-29-19-13(2)10-14(21)11-16(19)22/h4-7,10-11H,3,8-9,12H2,1-2H3,(H,23,25)(H,24,26). The van der Waals surface area contributed by atoms with E-state index in [9.17, 15) is 9.59 Å². The largest absolute Gasteiger partial charge is 0.490 e. The minimum Gasteiger partial charge on any atom is -0.490 e. The molecule has 0 radical (unpaired) electrons. The van der Waals surface area contributed by atoms with Gasteiger partial charge in [0.15, 0.2) is 6.61 Å². The molecule has 0 saturated carbocycles. The van der Waals surface area contributed by atoms with Crippen molar-refractivity contribution < 1.29 is 23.8 Å². The van der Waals surface area contributed by atoms with Crippen molar-refractivity contribution in [1.29, 1.82) is 0 Å². The predicted molar refractivity (Wildman–Crippen MR) is 116 cm³/mol. The fourth-order valence-electron chi connectivity index (χ4n) is 2.37. The van der Waals surface area contributed by atoms with Crippen LogP contribution in [-0.2, 0) is 9.53 Å². The van der Waals surface area contributed by atoms with Gasteiger partial charge in [0.05, 0.1) is 16.6 Å². The monoisotopic (exact) mass is 528 g/mol. The SMILES string of the molecule is CCOCCOc1ccccc1C(=O)NNC(=O)COc1c(C)cc(Br)cc1Br. The summed E-state index contributed by atoms with van der Waals surface area (Å²) in [5.41, 5.74) is 5.87. The summed E-state index contributed by atoms with van der Waals surface area (Å²) in [6.07, 6.45) is 0. The Labute approximate surface area is 186 Å². The van der Waals surface area contributed by atoms with Crippen LogP contribution in [0.5, 0.6) is 11.5 Å². The Morgan fingerprint density at radius 3 is 2.52 bits per heavy atom. The first kappa shape index (κ1) is 23.2. The van der Waals surface area contributed by atoms with Gasteiger partial charge >= 0.3 is 0 Å². The van der Waals surface area contributed by atoms with Gasteiger partial charge in [-0.25, -0.2) is 0 Å². The van der Waals surface area contributed by atoms with E-state index in [-0.39, 0.29) is 6.61 Å². The highest BCUT2D eigenvalue weighted by Gasteiger charge is 2.14. The van der Waals surface area contributed by atoms with E-state index < -0.39 is 11.8 Å². The van der Waals surface area contributed by atoms with E-state index in [0.717, 1.165) is 14.5 Å². The summed E-state index contributed by atoms with van der Waals surface area (Å²) >= 11 is 6.79. The summed E-state index contributed by atoms with van der Waals surface area (Å²) < 4.78 is 18.0. The molecule has 0 atom stereocenters. The molecule has 2 aromatic carbocycles. The van der Waals surface area contributed by atoms with Crippen molar-refractivity contribution >= 4 is 43.7 Å². The van der Waals surface area contributed by atoms with Crippen LogP contribution in [0.3, 0.4) is 0 Å². The van der Waals surface area contributed by atoms with E-state index in [4.69, 9.17) is 14.2 Å². The summed E-state index contributed by atoms with van der Waals surface area (Å²) in [6, 6.07) is 10.5. The van der Waals surface area contributed by atoms with E-state index in [1.807, 2.05) is 26.0 Å². The van der Waals surface area contributed by atoms with Gasteiger partial charge in [0.1, 0.15) is 18.1 Å². The van der Waals surface area contributed by atoms with E-state index in [1.165, 1.54) is 0 Å². The van der Waals surface area contributed by atoms with E-state index >= 15 is 0 Å². The van der Waals surface area contributed by atoms with Crippen LogP contribution in [0.15, 0.2) is 45.3 Å². The second kappa shape index (κ2) is 11.8. The molecule has 2 amide bonds. The molecule has 29 heavy (non-hydrogen) atoms. The molecule has 0 aliphatic rings. The van der Waals surface area contributed by atoms with Crippen LogP contribution in [0.4, 0.5) is 0 Å². The van der Waals surface area contributed by atoms with Gasteiger partial charge in [-0.05, 0) is 59.6 Å². The van der Waals surface area contributed by atoms with E-state index in [0.29, 0.717) is 36.9 Å². The number of rotatable bonds is 9. The molecule has 9 heteroatoms. The molecule has 0 aromatic heterocycles. The fourth-order valence-corrected chi connectivity index (χ4v) is 3.93. The fraction of sp³-hybridized carbons (Fsp3) is 0.300. The van der Waals surface area contributed by atoms with Gasteiger partial charge in [0, 0.05) is 11.1 Å². The van der Waals surface area contributed by atoms with Crippen molar-refractivity contribution in [2.45, 2.75) is 13.8 Å². The smallest absolute Gasteiger partial charge is 0.276 e. The molecule has 0 heterocycles. The van der Waals surface area contributed by atoms with Crippen molar-refractivity contribution in [3.63, 3.8) is 0 Å². The quantitative estimate of drug-likeness (QED) is 0.381. The van der Waals surface area contributed by atoms with Crippen molar-refractivity contribution in [2.24, 2.45) is 0 Å². The van der Waals surface area contributed by atoms with Gasteiger partial charge in [-0.3, -0.25) is 20.4 Å². The zero-order valence-electron chi connectivity index (χ0n) is 16.1. The number of hydrogen-bond donors (Lipinski definition) is 2.